The Morgan fingerprint density at radius 3 is 1.09 bits per heavy atom. The van der Waals surface area contributed by atoms with E-state index in [0.717, 1.165) is 38.5 Å². The zero-order chi connectivity index (χ0) is 32.2. The van der Waals surface area contributed by atoms with Gasteiger partial charge in [0.2, 0.25) is 11.4 Å². The largest absolute Gasteiger partial charge is 0.355 e. The van der Waals surface area contributed by atoms with Crippen LogP contribution in [0.25, 0.3) is 55.4 Å². The predicted molar refractivity (Wildman–Crippen MR) is 192 cm³/mol. The molecule has 0 amide bonds. The Morgan fingerprint density at radius 1 is 0.422 bits per heavy atom. The third kappa shape index (κ3) is 4.92. The van der Waals surface area contributed by atoms with Gasteiger partial charge in [-0.05, 0) is 112 Å². The number of nitrogens with one attached hydrogen (secondary N) is 5. The third-order valence-corrected chi connectivity index (χ3v) is 10.5. The number of hydrogen-bond donors (Lipinski definition) is 3. The van der Waals surface area contributed by atoms with Crippen LogP contribution >= 0.6 is 0 Å². The molecule has 0 aromatic carbocycles. The lowest BCUT2D eigenvalue weighted by Crippen LogP contribution is -2.16. The van der Waals surface area contributed by atoms with Gasteiger partial charge in [-0.3, -0.25) is 0 Å². The van der Waals surface area contributed by atoms with Gasteiger partial charge in [-0.2, -0.15) is 9.97 Å². The van der Waals surface area contributed by atoms with Crippen LogP contribution in [0, 0.1) is 13.8 Å². The van der Waals surface area contributed by atoms with Gasteiger partial charge >= 0.3 is 0 Å². The van der Waals surface area contributed by atoms with Crippen molar-refractivity contribution in [2.75, 3.05) is 0 Å². The molecule has 0 radical (unpaired) electrons. The molecule has 234 valence electrons. The van der Waals surface area contributed by atoms with Crippen LogP contribution in [0.1, 0.15) is 124 Å². The molecule has 4 aromatic rings. The molecule has 45 heavy (non-hydrogen) atoms. The Balaban J connectivity index is 1.86. The summed E-state index contributed by atoms with van der Waals surface area (Å²) in [5.74, 6) is 0. The summed E-state index contributed by atoms with van der Waals surface area (Å²) < 4.78 is 0. The second-order valence-electron chi connectivity index (χ2n) is 12.8. The van der Waals surface area contributed by atoms with Crippen LogP contribution in [0.4, 0.5) is 0 Å². The Morgan fingerprint density at radius 2 is 0.756 bits per heavy atom. The number of aromatic amines is 5. The standard InChI is InChI=1S/C40H49N5/c1-11-25-21(7)31-17-35-27(13-3)23(9)39(44-35)40-24(10)28(14-4)36(45-40)18-32-22(8)26(12-2)34(42-32)20-38-30(16-6)29(15-5)37(43-38)19-33(25)41-31/h17-20,41-43H,11-16H2,1-10H3/p+2. The molecule has 5 nitrogen and oxygen atoms in total. The average molecular weight is 602 g/mol. The molecule has 6 rings (SSSR count). The fraction of sp³-hybridized carbons (Fsp3) is 0.400. The quantitative estimate of drug-likeness (QED) is 0.197. The van der Waals surface area contributed by atoms with Crippen molar-refractivity contribution in [3.63, 3.8) is 0 Å². The molecular weight excluding hydrogens is 550 g/mol. The second kappa shape index (κ2) is 12.0. The molecule has 0 unspecified atom stereocenters. The maximum absolute atomic E-state index is 3.88. The fourth-order valence-corrected chi connectivity index (χ4v) is 8.03. The van der Waals surface area contributed by atoms with Crippen LogP contribution in [0.2, 0.25) is 0 Å². The highest BCUT2D eigenvalue weighted by atomic mass is 14.8. The molecule has 4 aromatic heterocycles. The van der Waals surface area contributed by atoms with Gasteiger partial charge in [0.25, 0.3) is 11.4 Å². The smallest absolute Gasteiger partial charge is 0.279 e. The highest BCUT2D eigenvalue weighted by Gasteiger charge is 2.34. The average Bonchev–Trinajstić information content (AvgIpc) is 3.77. The molecule has 6 heterocycles. The molecule has 0 aliphatic carbocycles. The van der Waals surface area contributed by atoms with Crippen LogP contribution in [0.15, 0.2) is 24.3 Å². The van der Waals surface area contributed by atoms with E-state index in [0.29, 0.717) is 0 Å². The van der Waals surface area contributed by atoms with E-state index in [2.05, 4.69) is 118 Å². The summed E-state index contributed by atoms with van der Waals surface area (Å²) in [5.41, 5.74) is 25.6. The maximum Gasteiger partial charge on any atom is 0.279 e. The van der Waals surface area contributed by atoms with E-state index in [-0.39, 0.29) is 0 Å². The summed E-state index contributed by atoms with van der Waals surface area (Å²) in [6.45, 7) is 22.7. The van der Waals surface area contributed by atoms with Gasteiger partial charge in [-0.1, -0.05) is 41.5 Å². The predicted octanol–water partition coefficient (Wildman–Crippen LogP) is 9.74. The topological polar surface area (TPSA) is 75.7 Å². The van der Waals surface area contributed by atoms with Gasteiger partial charge in [0.05, 0.1) is 0 Å². The van der Waals surface area contributed by atoms with E-state index in [1.54, 1.807) is 0 Å². The molecule has 10 bridgehead atoms. The van der Waals surface area contributed by atoms with Gasteiger partial charge in [0.1, 0.15) is 0 Å². The van der Waals surface area contributed by atoms with Crippen molar-refractivity contribution in [1.29, 1.82) is 0 Å². The number of H-pyrrole nitrogens is 5. The summed E-state index contributed by atoms with van der Waals surface area (Å²) in [7, 11) is 0. The normalized spacial score (nSPS) is 13.5. The van der Waals surface area contributed by atoms with Crippen LogP contribution < -0.4 is 9.97 Å². The van der Waals surface area contributed by atoms with E-state index >= 15 is 0 Å². The van der Waals surface area contributed by atoms with E-state index in [9.17, 15) is 0 Å². The molecule has 2 aliphatic rings. The van der Waals surface area contributed by atoms with Crippen molar-refractivity contribution in [2.45, 2.75) is 108 Å². The number of hydrogen-bond acceptors (Lipinski definition) is 0. The fourth-order valence-electron chi connectivity index (χ4n) is 8.03. The Hall–Kier alpha value is -4.12. The summed E-state index contributed by atoms with van der Waals surface area (Å²) in [6.07, 6.45) is 5.87. The van der Waals surface area contributed by atoms with Crippen molar-refractivity contribution in [2.24, 2.45) is 0 Å². The summed E-state index contributed by atoms with van der Waals surface area (Å²) in [6, 6.07) is 9.38. The third-order valence-electron chi connectivity index (χ3n) is 10.5. The number of aryl methyl sites for hydroxylation is 6. The molecule has 0 spiro atoms. The summed E-state index contributed by atoms with van der Waals surface area (Å²) in [5, 5.41) is 0. The van der Waals surface area contributed by atoms with Gasteiger partial charge < -0.3 is 15.0 Å². The highest BCUT2D eigenvalue weighted by molar-refractivity contribution is 5.96. The van der Waals surface area contributed by atoms with Crippen LogP contribution in [0.3, 0.4) is 0 Å². The molecular formula is C40H51N5+2. The minimum absolute atomic E-state index is 0.971. The molecule has 0 saturated carbocycles. The lowest BCUT2D eigenvalue weighted by atomic mass is 9.99. The summed E-state index contributed by atoms with van der Waals surface area (Å²) in [4.78, 5) is 19.3. The molecule has 2 aliphatic heterocycles. The van der Waals surface area contributed by atoms with Gasteiger partial charge in [-0.25, -0.2) is 0 Å². The molecule has 5 N–H and O–H groups in total. The van der Waals surface area contributed by atoms with E-state index in [4.69, 9.17) is 0 Å². The summed E-state index contributed by atoms with van der Waals surface area (Å²) >= 11 is 0. The van der Waals surface area contributed by atoms with Crippen LogP contribution in [0.5, 0.6) is 0 Å². The second-order valence-corrected chi connectivity index (χ2v) is 12.8. The first-order valence-electron chi connectivity index (χ1n) is 17.2. The minimum atomic E-state index is 0.971. The number of rotatable bonds is 6. The van der Waals surface area contributed by atoms with Gasteiger partial charge in [-0.15, -0.1) is 0 Å². The van der Waals surface area contributed by atoms with E-state index in [1.165, 1.54) is 112 Å². The van der Waals surface area contributed by atoms with E-state index in [1.807, 2.05) is 0 Å². The maximum atomic E-state index is 3.88. The molecule has 5 heteroatoms. The SMILES string of the molecule is CCC1=C(C)c2[nH+]c1cc1[nH]c(cc3[nH]c(cc4[nH]c(cc5[nH+]c2C(C)=C5CC)c(C)c4CC)c(CC)c3CC)c(CC)c1C. The molecule has 0 saturated heterocycles. The number of aromatic nitrogens is 5. The lowest BCUT2D eigenvalue weighted by molar-refractivity contribution is -0.417. The van der Waals surface area contributed by atoms with Gasteiger partial charge in [0.15, 0.2) is 0 Å². The number of fused-ring (bicyclic) bond motifs is 11. The van der Waals surface area contributed by atoms with Crippen molar-refractivity contribution in [1.82, 2.24) is 15.0 Å². The number of allylic oxidation sites excluding steroid dienone is 4. The molecule has 0 atom stereocenters. The highest BCUT2D eigenvalue weighted by Crippen LogP contribution is 2.37. The van der Waals surface area contributed by atoms with Crippen LogP contribution in [-0.2, 0) is 25.7 Å². The monoisotopic (exact) mass is 601 g/mol. The Labute approximate surface area is 268 Å². The van der Waals surface area contributed by atoms with Crippen LogP contribution in [-0.4, -0.2) is 15.0 Å². The van der Waals surface area contributed by atoms with Gasteiger partial charge in [0, 0.05) is 67.5 Å². The minimum Gasteiger partial charge on any atom is -0.355 e. The Bertz CT molecular complexity index is 1960. The van der Waals surface area contributed by atoms with Crippen molar-refractivity contribution in [3.8, 4) is 0 Å². The first-order valence-corrected chi connectivity index (χ1v) is 17.2. The zero-order valence-electron chi connectivity index (χ0n) is 29.1. The van der Waals surface area contributed by atoms with Crippen molar-refractivity contribution < 1.29 is 9.97 Å². The van der Waals surface area contributed by atoms with Crippen molar-refractivity contribution in [3.05, 3.63) is 80.4 Å². The lowest BCUT2D eigenvalue weighted by Gasteiger charge is -1.99. The molecule has 0 fully saturated rings. The van der Waals surface area contributed by atoms with Crippen molar-refractivity contribution >= 4 is 55.4 Å². The Kier molecular flexibility index (Phi) is 8.24. The first kappa shape index (κ1) is 30.9. The zero-order valence-corrected chi connectivity index (χ0v) is 29.1. The van der Waals surface area contributed by atoms with E-state index < -0.39 is 0 Å². The first-order chi connectivity index (χ1) is 21.7.